The minimum atomic E-state index is -0.627. The molecule has 0 aliphatic rings. The summed E-state index contributed by atoms with van der Waals surface area (Å²) in [5, 5.41) is 5.13. The highest BCUT2D eigenvalue weighted by Crippen LogP contribution is 2.30. The van der Waals surface area contributed by atoms with Crippen molar-refractivity contribution in [3.8, 4) is 11.1 Å². The molecule has 1 unspecified atom stereocenters. The van der Waals surface area contributed by atoms with Crippen LogP contribution in [0, 0.1) is 0 Å². The summed E-state index contributed by atoms with van der Waals surface area (Å²) < 4.78 is 10.1. The molecule has 0 aliphatic heterocycles. The molecular formula is C25H27NO4. The second-order valence-corrected chi connectivity index (χ2v) is 8.13. The molecule has 0 aliphatic carbocycles. The highest BCUT2D eigenvalue weighted by Gasteiger charge is 2.23. The van der Waals surface area contributed by atoms with E-state index in [4.69, 9.17) is 9.47 Å². The Morgan fingerprint density at radius 3 is 2.27 bits per heavy atom. The van der Waals surface area contributed by atoms with Crippen LogP contribution in [0.3, 0.4) is 0 Å². The Labute approximate surface area is 177 Å². The zero-order chi connectivity index (χ0) is 21.7. The van der Waals surface area contributed by atoms with Crippen LogP contribution in [0.5, 0.6) is 0 Å². The molecule has 0 aromatic heterocycles. The summed E-state index contributed by atoms with van der Waals surface area (Å²) in [4.78, 5) is 24.1. The number of amides is 1. The lowest BCUT2D eigenvalue weighted by molar-refractivity contribution is -0.141. The molecule has 3 rings (SSSR count). The minimum absolute atomic E-state index is 0.0172. The van der Waals surface area contributed by atoms with Gasteiger partial charge >= 0.3 is 12.1 Å². The number of carbonyl (C=O) groups is 2. The number of hydrogen-bond acceptors (Lipinski definition) is 4. The topological polar surface area (TPSA) is 64.6 Å². The van der Waals surface area contributed by atoms with Crippen molar-refractivity contribution in [3.05, 3.63) is 72.3 Å². The number of rotatable bonds is 5. The Balaban J connectivity index is 1.87. The predicted octanol–water partition coefficient (Wildman–Crippen LogP) is 5.64. The van der Waals surface area contributed by atoms with Crippen LogP contribution in [0.25, 0.3) is 21.9 Å². The minimum Gasteiger partial charge on any atom is -0.469 e. The van der Waals surface area contributed by atoms with E-state index in [9.17, 15) is 9.59 Å². The van der Waals surface area contributed by atoms with Gasteiger partial charge in [-0.05, 0) is 48.2 Å². The molecule has 5 nitrogen and oxygen atoms in total. The number of hydrogen-bond donors (Lipinski definition) is 1. The van der Waals surface area contributed by atoms with E-state index < -0.39 is 23.7 Å². The summed E-state index contributed by atoms with van der Waals surface area (Å²) in [6.45, 7) is 5.38. The molecule has 5 heteroatoms. The summed E-state index contributed by atoms with van der Waals surface area (Å²) in [6, 6.07) is 21.7. The van der Waals surface area contributed by atoms with Gasteiger partial charge in [-0.15, -0.1) is 0 Å². The maximum Gasteiger partial charge on any atom is 0.408 e. The van der Waals surface area contributed by atoms with Crippen LogP contribution in [-0.4, -0.2) is 24.8 Å². The van der Waals surface area contributed by atoms with Gasteiger partial charge in [0.2, 0.25) is 0 Å². The van der Waals surface area contributed by atoms with Crippen molar-refractivity contribution >= 4 is 22.8 Å². The number of benzene rings is 3. The molecule has 0 spiro atoms. The molecule has 1 atom stereocenters. The average Bonchev–Trinajstić information content (AvgIpc) is 2.71. The van der Waals surface area contributed by atoms with Crippen LogP contribution in [0.1, 0.15) is 38.8 Å². The van der Waals surface area contributed by atoms with Crippen molar-refractivity contribution < 1.29 is 19.1 Å². The average molecular weight is 405 g/mol. The van der Waals surface area contributed by atoms with Gasteiger partial charge < -0.3 is 14.8 Å². The first-order chi connectivity index (χ1) is 14.3. The maximum atomic E-state index is 12.3. The molecular weight excluding hydrogens is 378 g/mol. The molecule has 0 fully saturated rings. The molecule has 1 N–H and O–H groups in total. The fourth-order valence-corrected chi connectivity index (χ4v) is 3.32. The standard InChI is InChI=1S/C25H27NO4/c1-25(2,3)30-24(28)26-22(16-23(27)29-4)19-14-12-18(13-15-19)21-11-7-9-17-8-5-6-10-20(17)21/h5-15,22H,16H2,1-4H3,(H,26,28). The van der Waals surface area contributed by atoms with Crippen LogP contribution in [0.2, 0.25) is 0 Å². The first-order valence-corrected chi connectivity index (χ1v) is 9.91. The monoisotopic (exact) mass is 405 g/mol. The Morgan fingerprint density at radius 1 is 0.933 bits per heavy atom. The molecule has 0 saturated heterocycles. The van der Waals surface area contributed by atoms with E-state index in [0.717, 1.165) is 16.7 Å². The smallest absolute Gasteiger partial charge is 0.408 e. The number of fused-ring (bicyclic) bond motifs is 1. The van der Waals surface area contributed by atoms with E-state index in [1.165, 1.54) is 17.9 Å². The predicted molar refractivity (Wildman–Crippen MR) is 118 cm³/mol. The summed E-state index contributed by atoms with van der Waals surface area (Å²) in [5.41, 5.74) is 2.36. The van der Waals surface area contributed by atoms with E-state index in [-0.39, 0.29) is 6.42 Å². The van der Waals surface area contributed by atoms with Crippen molar-refractivity contribution in [2.24, 2.45) is 0 Å². The van der Waals surface area contributed by atoms with Gasteiger partial charge in [0.25, 0.3) is 0 Å². The summed E-state index contributed by atoms with van der Waals surface area (Å²) >= 11 is 0. The van der Waals surface area contributed by atoms with Crippen LogP contribution in [-0.2, 0) is 14.3 Å². The Kier molecular flexibility index (Phi) is 6.40. The second-order valence-electron chi connectivity index (χ2n) is 8.13. The molecule has 30 heavy (non-hydrogen) atoms. The number of alkyl carbamates (subject to hydrolysis) is 1. The molecule has 0 radical (unpaired) electrons. The highest BCUT2D eigenvalue weighted by molar-refractivity contribution is 5.96. The largest absolute Gasteiger partial charge is 0.469 e. The van der Waals surface area contributed by atoms with Crippen molar-refractivity contribution in [1.29, 1.82) is 0 Å². The zero-order valence-corrected chi connectivity index (χ0v) is 17.8. The quantitative estimate of drug-likeness (QED) is 0.558. The lowest BCUT2D eigenvalue weighted by Gasteiger charge is -2.23. The molecule has 0 saturated carbocycles. The first-order valence-electron chi connectivity index (χ1n) is 9.91. The summed E-state index contributed by atoms with van der Waals surface area (Å²) in [6.07, 6.45) is -0.557. The van der Waals surface area contributed by atoms with E-state index in [1.54, 1.807) is 20.8 Å². The SMILES string of the molecule is COC(=O)CC(NC(=O)OC(C)(C)C)c1ccc(-c2cccc3ccccc23)cc1. The van der Waals surface area contributed by atoms with E-state index in [0.29, 0.717) is 0 Å². The fraction of sp³-hybridized carbons (Fsp3) is 0.280. The van der Waals surface area contributed by atoms with Gasteiger partial charge in [0.05, 0.1) is 19.6 Å². The van der Waals surface area contributed by atoms with Crippen LogP contribution >= 0.6 is 0 Å². The fourth-order valence-electron chi connectivity index (χ4n) is 3.32. The van der Waals surface area contributed by atoms with Crippen LogP contribution in [0.15, 0.2) is 66.7 Å². The van der Waals surface area contributed by atoms with Gasteiger partial charge in [-0.1, -0.05) is 66.7 Å². The third-order valence-corrected chi connectivity index (χ3v) is 4.70. The van der Waals surface area contributed by atoms with Crippen molar-refractivity contribution in [1.82, 2.24) is 5.32 Å². The Bertz CT molecular complexity index is 1030. The lowest BCUT2D eigenvalue weighted by atomic mass is 9.95. The molecule has 0 bridgehead atoms. The van der Waals surface area contributed by atoms with Crippen molar-refractivity contribution in [2.45, 2.75) is 38.8 Å². The van der Waals surface area contributed by atoms with Gasteiger partial charge in [-0.3, -0.25) is 4.79 Å². The zero-order valence-electron chi connectivity index (χ0n) is 17.8. The molecule has 3 aromatic rings. The summed E-state index contributed by atoms with van der Waals surface area (Å²) in [5.74, 6) is -0.408. The van der Waals surface area contributed by atoms with Gasteiger partial charge in [0, 0.05) is 0 Å². The molecule has 1 amide bonds. The molecule has 3 aromatic carbocycles. The normalized spacial score (nSPS) is 12.3. The molecule has 0 heterocycles. The van der Waals surface area contributed by atoms with E-state index in [2.05, 4.69) is 29.6 Å². The van der Waals surface area contributed by atoms with Crippen LogP contribution in [0.4, 0.5) is 4.79 Å². The number of methoxy groups -OCH3 is 1. The number of ether oxygens (including phenoxy) is 2. The third kappa shape index (κ3) is 5.38. The van der Waals surface area contributed by atoms with Gasteiger partial charge in [0.1, 0.15) is 5.60 Å². The summed E-state index contributed by atoms with van der Waals surface area (Å²) in [7, 11) is 1.33. The number of esters is 1. The van der Waals surface area contributed by atoms with Crippen LogP contribution < -0.4 is 5.32 Å². The number of carbonyl (C=O) groups excluding carboxylic acids is 2. The van der Waals surface area contributed by atoms with Crippen molar-refractivity contribution in [3.63, 3.8) is 0 Å². The van der Waals surface area contributed by atoms with Gasteiger partial charge in [0.15, 0.2) is 0 Å². The van der Waals surface area contributed by atoms with Gasteiger partial charge in [-0.25, -0.2) is 4.79 Å². The Hall–Kier alpha value is -3.34. The number of nitrogens with one attached hydrogen (secondary N) is 1. The highest BCUT2D eigenvalue weighted by atomic mass is 16.6. The van der Waals surface area contributed by atoms with E-state index in [1.807, 2.05) is 42.5 Å². The van der Waals surface area contributed by atoms with Crippen molar-refractivity contribution in [2.75, 3.05) is 7.11 Å². The van der Waals surface area contributed by atoms with Gasteiger partial charge in [-0.2, -0.15) is 0 Å². The lowest BCUT2D eigenvalue weighted by Crippen LogP contribution is -2.35. The molecule has 156 valence electrons. The Morgan fingerprint density at radius 2 is 1.60 bits per heavy atom. The first kappa shape index (κ1) is 21.4. The third-order valence-electron chi connectivity index (χ3n) is 4.70. The van der Waals surface area contributed by atoms with E-state index >= 15 is 0 Å². The second kappa shape index (κ2) is 8.99. The maximum absolute atomic E-state index is 12.3.